The molecule has 2 aliphatic rings. The van der Waals surface area contributed by atoms with E-state index in [1.165, 1.54) is 15.9 Å². The third-order valence-corrected chi connectivity index (χ3v) is 9.54. The first-order chi connectivity index (χ1) is 25.6. The van der Waals surface area contributed by atoms with Crippen molar-refractivity contribution >= 4 is 23.6 Å². The van der Waals surface area contributed by atoms with Crippen LogP contribution in [0.2, 0.25) is 0 Å². The summed E-state index contributed by atoms with van der Waals surface area (Å²) in [5.74, 6) is -2.46. The number of benzene rings is 1. The van der Waals surface area contributed by atoms with Gasteiger partial charge in [0.1, 0.15) is 42.0 Å². The number of nitrogens with zero attached hydrogens (tertiary/aromatic N) is 6. The maximum Gasteiger partial charge on any atom is 0.255 e. The average molecular weight is 735 g/mol. The van der Waals surface area contributed by atoms with Gasteiger partial charge in [-0.05, 0) is 48.9 Å². The van der Waals surface area contributed by atoms with E-state index in [4.69, 9.17) is 9.47 Å². The van der Waals surface area contributed by atoms with Crippen molar-refractivity contribution in [1.29, 1.82) is 0 Å². The van der Waals surface area contributed by atoms with Crippen molar-refractivity contribution < 1.29 is 33.0 Å². The van der Waals surface area contributed by atoms with Crippen molar-refractivity contribution in [2.75, 3.05) is 33.4 Å². The number of morpholine rings is 1. The second-order valence-electron chi connectivity index (χ2n) is 14.1. The molecule has 2 aromatic heterocycles. The summed E-state index contributed by atoms with van der Waals surface area (Å²) in [6.07, 6.45) is 11.3. The van der Waals surface area contributed by atoms with Crippen LogP contribution in [0.4, 0.5) is 4.39 Å². The minimum absolute atomic E-state index is 0.00628. The molecule has 2 aliphatic heterocycles. The van der Waals surface area contributed by atoms with Crippen molar-refractivity contribution in [3.8, 4) is 5.75 Å². The van der Waals surface area contributed by atoms with Gasteiger partial charge in [-0.2, -0.15) is 0 Å². The van der Waals surface area contributed by atoms with Gasteiger partial charge in [0.15, 0.2) is 0 Å². The van der Waals surface area contributed by atoms with E-state index in [1.54, 1.807) is 36.4 Å². The second kappa shape index (κ2) is 19.2. The lowest BCUT2D eigenvalue weighted by atomic mass is 10.00. The lowest BCUT2D eigenvalue weighted by Crippen LogP contribution is -2.62. The first kappa shape index (κ1) is 39.3. The minimum Gasteiger partial charge on any atom is -0.486 e. The third kappa shape index (κ3) is 11.0. The highest BCUT2D eigenvalue weighted by atomic mass is 19.1. The summed E-state index contributed by atoms with van der Waals surface area (Å²) >= 11 is 0. The first-order valence-corrected chi connectivity index (χ1v) is 18.5. The number of hydrogen-bond donors (Lipinski definition) is 2. The van der Waals surface area contributed by atoms with Crippen LogP contribution in [0.1, 0.15) is 80.4 Å². The predicted octanol–water partition coefficient (Wildman–Crippen LogP) is 3.30. The van der Waals surface area contributed by atoms with E-state index in [0.717, 1.165) is 56.2 Å². The van der Waals surface area contributed by atoms with E-state index in [1.807, 2.05) is 19.9 Å². The normalized spacial score (nSPS) is 22.0. The topological polar surface area (TPSA) is 161 Å². The number of ether oxygens (including phenoxy) is 2. The van der Waals surface area contributed by atoms with Crippen LogP contribution >= 0.6 is 0 Å². The molecule has 0 spiro atoms. The fraction of sp³-hybridized carbons (Fsp3) is 0.553. The van der Waals surface area contributed by atoms with Crippen LogP contribution in [-0.4, -0.2) is 105 Å². The van der Waals surface area contributed by atoms with Gasteiger partial charge in [-0.25, -0.2) is 4.39 Å². The van der Waals surface area contributed by atoms with Crippen LogP contribution in [-0.2, 0) is 38.7 Å². The number of pyridine rings is 1. The Balaban J connectivity index is 1.42. The van der Waals surface area contributed by atoms with Gasteiger partial charge in [0.2, 0.25) is 17.7 Å². The number of nitrogens with one attached hydrogen (secondary N) is 2. The number of likely N-dealkylation sites (N-methyl/N-ethyl adjacent to an activating group) is 1. The number of halogens is 1. The SMILES string of the molecule is CC(C)C[C@H]1NC(=O)c2ccc(F)cc2OCc2cn(nn2)CCCCCCCCNC(=O)[C@H](Cc2cccnc2)N(C)C(=O)[C@H]2COCCN2C1=O. The molecule has 2 bridgehead atoms. The van der Waals surface area contributed by atoms with Gasteiger partial charge >= 0.3 is 0 Å². The molecule has 0 radical (unpaired) electrons. The summed E-state index contributed by atoms with van der Waals surface area (Å²) in [7, 11) is 1.57. The van der Waals surface area contributed by atoms with E-state index in [9.17, 15) is 23.6 Å². The lowest BCUT2D eigenvalue weighted by molar-refractivity contribution is -0.157. The van der Waals surface area contributed by atoms with Crippen LogP contribution in [0.25, 0.3) is 0 Å². The molecule has 4 amide bonds. The zero-order valence-corrected chi connectivity index (χ0v) is 30.8. The molecular weight excluding hydrogens is 683 g/mol. The molecule has 1 saturated heterocycles. The molecule has 4 heterocycles. The van der Waals surface area contributed by atoms with E-state index in [2.05, 4.69) is 25.9 Å². The number of rotatable bonds is 4. The number of carbonyl (C=O) groups excluding carboxylic acids is 4. The second-order valence-corrected chi connectivity index (χ2v) is 14.1. The predicted molar refractivity (Wildman–Crippen MR) is 193 cm³/mol. The van der Waals surface area contributed by atoms with Crippen molar-refractivity contribution in [3.05, 3.63) is 71.6 Å². The number of aryl methyl sites for hydroxylation is 1. The van der Waals surface area contributed by atoms with E-state index < -0.39 is 41.7 Å². The highest BCUT2D eigenvalue weighted by molar-refractivity contribution is 6.00. The molecule has 3 atom stereocenters. The summed E-state index contributed by atoms with van der Waals surface area (Å²) < 4.78 is 27.8. The summed E-state index contributed by atoms with van der Waals surface area (Å²) in [4.78, 5) is 63.1. The van der Waals surface area contributed by atoms with Gasteiger partial charge in [0.25, 0.3) is 5.91 Å². The average Bonchev–Trinajstić information content (AvgIpc) is 3.61. The summed E-state index contributed by atoms with van der Waals surface area (Å²) in [6.45, 7) is 5.19. The molecule has 2 N–H and O–H groups in total. The summed E-state index contributed by atoms with van der Waals surface area (Å²) in [6, 6.07) is 4.29. The Morgan fingerprint density at radius 3 is 2.57 bits per heavy atom. The fourth-order valence-electron chi connectivity index (χ4n) is 6.64. The van der Waals surface area contributed by atoms with Crippen LogP contribution in [0.5, 0.6) is 5.75 Å². The number of carbonyl (C=O) groups is 4. The molecule has 3 aromatic rings. The highest BCUT2D eigenvalue weighted by Crippen LogP contribution is 2.23. The van der Waals surface area contributed by atoms with Crippen molar-refractivity contribution in [3.63, 3.8) is 0 Å². The van der Waals surface area contributed by atoms with Crippen LogP contribution < -0.4 is 15.4 Å². The summed E-state index contributed by atoms with van der Waals surface area (Å²) in [5, 5.41) is 14.2. The van der Waals surface area contributed by atoms with Gasteiger partial charge in [-0.1, -0.05) is 50.8 Å². The van der Waals surface area contributed by atoms with Crippen LogP contribution in [0, 0.1) is 11.7 Å². The maximum absolute atomic E-state index is 14.4. The summed E-state index contributed by atoms with van der Waals surface area (Å²) in [5.41, 5.74) is 1.35. The Morgan fingerprint density at radius 2 is 1.79 bits per heavy atom. The quantitative estimate of drug-likeness (QED) is 0.410. The van der Waals surface area contributed by atoms with Gasteiger partial charge in [-0.15, -0.1) is 5.10 Å². The maximum atomic E-state index is 14.4. The Hall–Kier alpha value is -4.92. The molecule has 53 heavy (non-hydrogen) atoms. The zero-order valence-electron chi connectivity index (χ0n) is 30.8. The highest BCUT2D eigenvalue weighted by Gasteiger charge is 2.40. The first-order valence-electron chi connectivity index (χ1n) is 18.5. The molecule has 0 saturated carbocycles. The van der Waals surface area contributed by atoms with Crippen molar-refractivity contribution in [2.45, 2.75) is 96.5 Å². The molecule has 5 rings (SSSR count). The molecule has 0 aliphatic carbocycles. The number of hydrogen-bond acceptors (Lipinski definition) is 9. The lowest BCUT2D eigenvalue weighted by Gasteiger charge is -2.40. The Bertz CT molecular complexity index is 1690. The molecule has 0 unspecified atom stereocenters. The standard InChI is InChI=1S/C38H51FN8O6/c1-26(2)19-31-37(50)47-17-18-52-25-33(47)38(51)45(3)32(20-27-11-10-14-40-22-27)36(49)41-15-8-6-4-5-7-9-16-46-23-29(43-44-46)24-53-34-21-28(39)12-13-30(34)35(48)42-31/h10-14,21-23,26,31-33H,4-9,15-20,24-25H2,1-3H3,(H,41,49)(H,42,48)/t31-,32+,33-/m1/s1. The Kier molecular flexibility index (Phi) is 14.3. The molecule has 1 aromatic carbocycles. The Morgan fingerprint density at radius 1 is 1.00 bits per heavy atom. The number of amides is 4. The molecule has 14 nitrogen and oxygen atoms in total. The van der Waals surface area contributed by atoms with Gasteiger partial charge in [0, 0.05) is 51.6 Å². The van der Waals surface area contributed by atoms with Crippen molar-refractivity contribution in [2.24, 2.45) is 5.92 Å². The molecule has 1 fully saturated rings. The van der Waals surface area contributed by atoms with Gasteiger partial charge in [-0.3, -0.25) is 28.8 Å². The van der Waals surface area contributed by atoms with Gasteiger partial charge in [0.05, 0.1) is 25.0 Å². The fourth-order valence-corrected chi connectivity index (χ4v) is 6.64. The minimum atomic E-state index is -1.03. The zero-order chi connectivity index (χ0) is 37.7. The molecular formula is C38H51FN8O6. The van der Waals surface area contributed by atoms with E-state index in [-0.39, 0.29) is 62.3 Å². The molecule has 15 heteroatoms. The van der Waals surface area contributed by atoms with E-state index >= 15 is 0 Å². The number of fused-ring (bicyclic) bond motifs is 4. The van der Waals surface area contributed by atoms with E-state index in [0.29, 0.717) is 18.8 Å². The van der Waals surface area contributed by atoms with Crippen molar-refractivity contribution in [1.82, 2.24) is 40.4 Å². The van der Waals surface area contributed by atoms with Gasteiger partial charge < -0.3 is 29.9 Å². The smallest absolute Gasteiger partial charge is 0.255 e. The third-order valence-electron chi connectivity index (χ3n) is 9.54. The van der Waals surface area contributed by atoms with Crippen LogP contribution in [0.3, 0.4) is 0 Å². The largest absolute Gasteiger partial charge is 0.486 e. The molecule has 286 valence electrons. The number of aromatic nitrogens is 4. The van der Waals surface area contributed by atoms with Crippen LogP contribution in [0.15, 0.2) is 48.9 Å². The Labute approximate surface area is 309 Å². The monoisotopic (exact) mass is 734 g/mol.